The van der Waals surface area contributed by atoms with E-state index in [1.807, 2.05) is 24.3 Å². The van der Waals surface area contributed by atoms with Gasteiger partial charge in [-0.3, -0.25) is 0 Å². The molecule has 1 N–H and O–H groups in total. The highest BCUT2D eigenvalue weighted by Crippen LogP contribution is 2.27. The number of alkyl halides is 2. The van der Waals surface area contributed by atoms with E-state index in [4.69, 9.17) is 0 Å². The van der Waals surface area contributed by atoms with Crippen molar-refractivity contribution in [1.29, 1.82) is 0 Å². The molecule has 0 saturated heterocycles. The second kappa shape index (κ2) is 6.48. The predicted octanol–water partition coefficient (Wildman–Crippen LogP) is 5.76. The third-order valence-corrected chi connectivity index (χ3v) is 3.77. The van der Waals surface area contributed by atoms with Crippen molar-refractivity contribution in [3.63, 3.8) is 0 Å². The molecule has 0 aliphatic heterocycles. The number of benzene rings is 2. The van der Waals surface area contributed by atoms with Crippen LogP contribution in [0.1, 0.15) is 17.6 Å². The maximum Gasteiger partial charge on any atom is 0.263 e. The van der Waals surface area contributed by atoms with Gasteiger partial charge in [0, 0.05) is 26.7 Å². The number of rotatable bonds is 4. The largest absolute Gasteiger partial charge is 0.380 e. The fraction of sp³-hybridized carbons (Fsp3) is 0.143. The van der Waals surface area contributed by atoms with Crippen LogP contribution in [-0.2, 0) is 6.54 Å². The van der Waals surface area contributed by atoms with E-state index in [0.717, 1.165) is 20.2 Å². The van der Waals surface area contributed by atoms with Crippen LogP contribution in [0.3, 0.4) is 0 Å². The molecule has 0 heterocycles. The Morgan fingerprint density at radius 1 is 1.05 bits per heavy atom. The van der Waals surface area contributed by atoms with Crippen LogP contribution in [0.15, 0.2) is 51.4 Å². The van der Waals surface area contributed by atoms with Crippen molar-refractivity contribution in [2.45, 2.75) is 13.0 Å². The van der Waals surface area contributed by atoms with Gasteiger partial charge in [-0.15, -0.1) is 0 Å². The van der Waals surface area contributed by atoms with Crippen molar-refractivity contribution >= 4 is 37.5 Å². The lowest BCUT2D eigenvalue weighted by molar-refractivity contribution is 0.151. The minimum atomic E-state index is -2.43. The minimum Gasteiger partial charge on any atom is -0.380 e. The summed E-state index contributed by atoms with van der Waals surface area (Å²) in [6.07, 6.45) is -2.43. The summed E-state index contributed by atoms with van der Waals surface area (Å²) in [6, 6.07) is 12.2. The van der Waals surface area contributed by atoms with Gasteiger partial charge in [-0.05, 0) is 45.8 Å². The maximum absolute atomic E-state index is 12.6. The molecule has 0 amide bonds. The molecule has 100 valence electrons. The van der Waals surface area contributed by atoms with Crippen LogP contribution in [0.25, 0.3) is 0 Å². The molecule has 0 fully saturated rings. The zero-order chi connectivity index (χ0) is 13.8. The monoisotopic (exact) mass is 389 g/mol. The average molecular weight is 391 g/mol. The molecule has 5 heteroatoms. The van der Waals surface area contributed by atoms with Gasteiger partial charge in [0.25, 0.3) is 6.43 Å². The summed E-state index contributed by atoms with van der Waals surface area (Å²) in [5.41, 5.74) is 1.80. The second-order valence-electron chi connectivity index (χ2n) is 4.02. The Morgan fingerprint density at radius 3 is 2.53 bits per heavy atom. The lowest BCUT2D eigenvalue weighted by Crippen LogP contribution is -2.00. The Bertz CT molecular complexity index is 573. The molecule has 0 saturated carbocycles. The minimum absolute atomic E-state index is 0.0502. The quantitative estimate of drug-likeness (QED) is 0.699. The first-order valence-corrected chi connectivity index (χ1v) is 7.21. The van der Waals surface area contributed by atoms with Gasteiger partial charge in [0.1, 0.15) is 0 Å². The van der Waals surface area contributed by atoms with Crippen LogP contribution < -0.4 is 5.32 Å². The third-order valence-electron chi connectivity index (χ3n) is 2.62. The number of anilines is 1. The number of nitrogens with one attached hydrogen (secondary N) is 1. The molecule has 0 radical (unpaired) electrons. The first-order chi connectivity index (χ1) is 9.06. The third kappa shape index (κ3) is 4.01. The molecule has 0 bridgehead atoms. The highest BCUT2D eigenvalue weighted by atomic mass is 79.9. The average Bonchev–Trinajstić information content (AvgIpc) is 2.38. The Morgan fingerprint density at radius 2 is 1.84 bits per heavy atom. The normalized spacial score (nSPS) is 10.8. The fourth-order valence-electron chi connectivity index (χ4n) is 1.67. The Labute approximate surface area is 127 Å². The van der Waals surface area contributed by atoms with Gasteiger partial charge in [-0.1, -0.05) is 34.1 Å². The second-order valence-corrected chi connectivity index (χ2v) is 5.79. The van der Waals surface area contributed by atoms with E-state index in [9.17, 15) is 8.78 Å². The van der Waals surface area contributed by atoms with Gasteiger partial charge < -0.3 is 5.32 Å². The van der Waals surface area contributed by atoms with Gasteiger partial charge in [-0.25, -0.2) is 8.78 Å². The topological polar surface area (TPSA) is 12.0 Å². The summed E-state index contributed by atoms with van der Waals surface area (Å²) < 4.78 is 27.1. The van der Waals surface area contributed by atoms with Crippen LogP contribution in [0.2, 0.25) is 0 Å². The SMILES string of the molecule is FC(F)c1cccc(CNc2ccc(Br)cc2Br)c1. The molecular formula is C14H11Br2F2N. The smallest absolute Gasteiger partial charge is 0.263 e. The molecular weight excluding hydrogens is 380 g/mol. The van der Waals surface area contributed by atoms with Gasteiger partial charge in [0.05, 0.1) is 0 Å². The number of hydrogen-bond acceptors (Lipinski definition) is 1. The Kier molecular flexibility index (Phi) is 4.93. The molecule has 0 aliphatic rings. The zero-order valence-electron chi connectivity index (χ0n) is 9.84. The fourth-order valence-corrected chi connectivity index (χ4v) is 2.86. The van der Waals surface area contributed by atoms with E-state index in [1.165, 1.54) is 12.1 Å². The molecule has 0 unspecified atom stereocenters. The number of halogens is 4. The van der Waals surface area contributed by atoms with E-state index >= 15 is 0 Å². The van der Waals surface area contributed by atoms with Crippen LogP contribution in [0.4, 0.5) is 14.5 Å². The van der Waals surface area contributed by atoms with Crippen molar-refractivity contribution < 1.29 is 8.78 Å². The highest BCUT2D eigenvalue weighted by molar-refractivity contribution is 9.11. The van der Waals surface area contributed by atoms with Gasteiger partial charge in [0.2, 0.25) is 0 Å². The molecule has 2 aromatic carbocycles. The maximum atomic E-state index is 12.6. The van der Waals surface area contributed by atoms with E-state index in [1.54, 1.807) is 6.07 Å². The summed E-state index contributed by atoms with van der Waals surface area (Å²) in [5, 5.41) is 3.21. The van der Waals surface area contributed by atoms with Gasteiger partial charge >= 0.3 is 0 Å². The number of hydrogen-bond donors (Lipinski definition) is 1. The molecule has 0 atom stereocenters. The van der Waals surface area contributed by atoms with E-state index in [-0.39, 0.29) is 5.56 Å². The van der Waals surface area contributed by atoms with Crippen LogP contribution in [0.5, 0.6) is 0 Å². The summed E-state index contributed by atoms with van der Waals surface area (Å²) >= 11 is 6.82. The predicted molar refractivity (Wildman–Crippen MR) is 80.6 cm³/mol. The molecule has 19 heavy (non-hydrogen) atoms. The van der Waals surface area contributed by atoms with Gasteiger partial charge in [-0.2, -0.15) is 0 Å². The van der Waals surface area contributed by atoms with Crippen molar-refractivity contribution in [3.05, 3.63) is 62.5 Å². The highest BCUT2D eigenvalue weighted by Gasteiger charge is 2.07. The summed E-state index contributed by atoms with van der Waals surface area (Å²) in [5.74, 6) is 0. The van der Waals surface area contributed by atoms with Crippen LogP contribution >= 0.6 is 31.9 Å². The van der Waals surface area contributed by atoms with Crippen molar-refractivity contribution in [2.75, 3.05) is 5.32 Å². The van der Waals surface area contributed by atoms with Crippen LogP contribution in [-0.4, -0.2) is 0 Å². The summed E-state index contributed by atoms with van der Waals surface area (Å²) in [6.45, 7) is 0.501. The van der Waals surface area contributed by atoms with Crippen molar-refractivity contribution in [1.82, 2.24) is 0 Å². The zero-order valence-corrected chi connectivity index (χ0v) is 13.0. The van der Waals surface area contributed by atoms with Gasteiger partial charge in [0.15, 0.2) is 0 Å². The van der Waals surface area contributed by atoms with Crippen molar-refractivity contribution in [2.24, 2.45) is 0 Å². The molecule has 2 aromatic rings. The van der Waals surface area contributed by atoms with E-state index in [0.29, 0.717) is 6.54 Å². The molecule has 0 spiro atoms. The summed E-state index contributed by atoms with van der Waals surface area (Å²) in [4.78, 5) is 0. The first-order valence-electron chi connectivity index (χ1n) is 5.62. The standard InChI is InChI=1S/C14H11Br2F2N/c15-11-4-5-13(12(16)7-11)19-8-9-2-1-3-10(6-9)14(17)18/h1-7,14,19H,8H2. The lowest BCUT2D eigenvalue weighted by atomic mass is 10.1. The Hall–Kier alpha value is -0.940. The van der Waals surface area contributed by atoms with Crippen LogP contribution in [0, 0.1) is 0 Å². The Balaban J connectivity index is 2.08. The van der Waals surface area contributed by atoms with E-state index < -0.39 is 6.43 Å². The molecule has 0 aliphatic carbocycles. The summed E-state index contributed by atoms with van der Waals surface area (Å²) in [7, 11) is 0. The van der Waals surface area contributed by atoms with Crippen molar-refractivity contribution in [3.8, 4) is 0 Å². The molecule has 1 nitrogen and oxygen atoms in total. The first kappa shape index (κ1) is 14.5. The molecule has 2 rings (SSSR count). The van der Waals surface area contributed by atoms with E-state index in [2.05, 4.69) is 37.2 Å². The lowest BCUT2D eigenvalue weighted by Gasteiger charge is -2.10. The molecule has 0 aromatic heterocycles.